The number of carbonyl (C=O) groups excluding carboxylic acids is 2. The highest BCUT2D eigenvalue weighted by molar-refractivity contribution is 6.39. The van der Waals surface area contributed by atoms with Gasteiger partial charge in [-0.25, -0.2) is 0 Å². The fraction of sp³-hybridized carbons (Fsp3) is 0.467. The van der Waals surface area contributed by atoms with E-state index in [9.17, 15) is 9.59 Å². The Morgan fingerprint density at radius 1 is 1.00 bits per heavy atom. The summed E-state index contributed by atoms with van der Waals surface area (Å²) in [7, 11) is 0. The van der Waals surface area contributed by atoms with Crippen LogP contribution in [0.4, 0.5) is 5.69 Å². The second kappa shape index (κ2) is 5.87. The van der Waals surface area contributed by atoms with Gasteiger partial charge in [0, 0.05) is 18.8 Å². The van der Waals surface area contributed by atoms with Crippen molar-refractivity contribution in [2.45, 2.75) is 33.1 Å². The van der Waals surface area contributed by atoms with E-state index >= 15 is 0 Å². The number of hydrogen-bond donors (Lipinski definition) is 1. The molecule has 2 rings (SSSR count). The summed E-state index contributed by atoms with van der Waals surface area (Å²) in [5.74, 6) is -0.953. The van der Waals surface area contributed by atoms with Gasteiger partial charge < -0.3 is 10.2 Å². The lowest BCUT2D eigenvalue weighted by Crippen LogP contribution is -2.42. The number of rotatable bonds is 1. The Balaban J connectivity index is 2.01. The third-order valence-electron chi connectivity index (χ3n) is 3.32. The van der Waals surface area contributed by atoms with Crippen molar-refractivity contribution in [1.82, 2.24) is 4.90 Å². The van der Waals surface area contributed by atoms with Crippen LogP contribution in [0.5, 0.6) is 0 Å². The van der Waals surface area contributed by atoms with Gasteiger partial charge in [0.1, 0.15) is 0 Å². The molecule has 0 saturated carbocycles. The third kappa shape index (κ3) is 3.56. The molecular weight excluding hydrogens is 240 g/mol. The zero-order valence-corrected chi connectivity index (χ0v) is 11.5. The van der Waals surface area contributed by atoms with Crippen LogP contribution in [0.3, 0.4) is 0 Å². The van der Waals surface area contributed by atoms with Crippen molar-refractivity contribution < 1.29 is 9.59 Å². The van der Waals surface area contributed by atoms with E-state index in [1.807, 2.05) is 32.0 Å². The van der Waals surface area contributed by atoms with Gasteiger partial charge in [-0.05, 0) is 56.4 Å². The summed E-state index contributed by atoms with van der Waals surface area (Å²) in [6.45, 7) is 5.32. The van der Waals surface area contributed by atoms with Crippen LogP contribution in [0.25, 0.3) is 0 Å². The molecule has 0 aliphatic carbocycles. The largest absolute Gasteiger partial charge is 0.334 e. The molecule has 0 radical (unpaired) electrons. The molecule has 0 atom stereocenters. The molecule has 4 nitrogen and oxygen atoms in total. The second-order valence-corrected chi connectivity index (χ2v) is 5.18. The Kier molecular flexibility index (Phi) is 4.20. The van der Waals surface area contributed by atoms with Crippen LogP contribution in [-0.4, -0.2) is 29.8 Å². The number of hydrogen-bond acceptors (Lipinski definition) is 2. The predicted octanol–water partition coefficient (Wildman–Crippen LogP) is 2.25. The van der Waals surface area contributed by atoms with Gasteiger partial charge in [0.25, 0.3) is 0 Å². The minimum absolute atomic E-state index is 0.418. The maximum atomic E-state index is 12.0. The Labute approximate surface area is 113 Å². The molecule has 0 aromatic heterocycles. The summed E-state index contributed by atoms with van der Waals surface area (Å²) in [5, 5.41) is 2.69. The first-order valence-corrected chi connectivity index (χ1v) is 6.75. The van der Waals surface area contributed by atoms with Crippen molar-refractivity contribution >= 4 is 17.5 Å². The molecule has 1 N–H and O–H groups in total. The van der Waals surface area contributed by atoms with E-state index in [4.69, 9.17) is 0 Å². The highest BCUT2D eigenvalue weighted by Crippen LogP contribution is 2.14. The molecule has 1 aromatic rings. The van der Waals surface area contributed by atoms with Gasteiger partial charge >= 0.3 is 11.8 Å². The van der Waals surface area contributed by atoms with Crippen LogP contribution >= 0.6 is 0 Å². The number of piperidine rings is 1. The average molecular weight is 260 g/mol. The molecule has 1 aliphatic heterocycles. The van der Waals surface area contributed by atoms with Gasteiger partial charge in [-0.2, -0.15) is 0 Å². The lowest BCUT2D eigenvalue weighted by atomic mass is 10.1. The molecule has 1 heterocycles. The van der Waals surface area contributed by atoms with Crippen molar-refractivity contribution in [3.8, 4) is 0 Å². The van der Waals surface area contributed by atoms with Crippen molar-refractivity contribution in [2.75, 3.05) is 18.4 Å². The summed E-state index contributed by atoms with van der Waals surface area (Å²) in [4.78, 5) is 25.6. The molecule has 4 heteroatoms. The van der Waals surface area contributed by atoms with Crippen molar-refractivity contribution in [3.63, 3.8) is 0 Å². The van der Waals surface area contributed by atoms with Crippen molar-refractivity contribution in [1.29, 1.82) is 0 Å². The summed E-state index contributed by atoms with van der Waals surface area (Å²) in [5.41, 5.74) is 2.83. The zero-order valence-electron chi connectivity index (χ0n) is 11.5. The lowest BCUT2D eigenvalue weighted by molar-refractivity contribution is -0.143. The minimum Gasteiger partial charge on any atom is -0.334 e. The van der Waals surface area contributed by atoms with Crippen LogP contribution in [0.1, 0.15) is 30.4 Å². The number of aryl methyl sites for hydroxylation is 2. The first kappa shape index (κ1) is 13.6. The summed E-state index contributed by atoms with van der Waals surface area (Å²) in [6.07, 6.45) is 3.12. The minimum atomic E-state index is -0.535. The first-order valence-electron chi connectivity index (χ1n) is 6.75. The standard InChI is InChI=1S/C15H20N2O2/c1-11-8-12(2)10-13(9-11)16-14(18)15(19)17-6-4-3-5-7-17/h8-10H,3-7H2,1-2H3,(H,16,18). The van der Waals surface area contributed by atoms with Gasteiger partial charge in [0.05, 0.1) is 0 Å². The van der Waals surface area contributed by atoms with Gasteiger partial charge in [-0.15, -0.1) is 0 Å². The molecule has 102 valence electrons. The number of benzene rings is 1. The van der Waals surface area contributed by atoms with E-state index in [-0.39, 0.29) is 0 Å². The van der Waals surface area contributed by atoms with Gasteiger partial charge in [-0.3, -0.25) is 9.59 Å². The summed E-state index contributed by atoms with van der Waals surface area (Å²) >= 11 is 0. The Bertz CT molecular complexity index is 471. The monoisotopic (exact) mass is 260 g/mol. The molecule has 0 bridgehead atoms. The van der Waals surface area contributed by atoms with E-state index in [1.54, 1.807) is 4.90 Å². The van der Waals surface area contributed by atoms with Crippen LogP contribution in [0, 0.1) is 13.8 Å². The Morgan fingerprint density at radius 2 is 1.58 bits per heavy atom. The van der Waals surface area contributed by atoms with Gasteiger partial charge in [0.2, 0.25) is 0 Å². The molecule has 0 spiro atoms. The lowest BCUT2D eigenvalue weighted by Gasteiger charge is -2.25. The number of anilines is 1. The number of carbonyl (C=O) groups is 2. The van der Waals surface area contributed by atoms with Gasteiger partial charge in [0.15, 0.2) is 0 Å². The molecule has 2 amide bonds. The van der Waals surface area contributed by atoms with Crippen LogP contribution < -0.4 is 5.32 Å². The Hall–Kier alpha value is -1.84. The molecule has 1 fully saturated rings. The highest BCUT2D eigenvalue weighted by Gasteiger charge is 2.23. The number of nitrogens with one attached hydrogen (secondary N) is 1. The molecule has 0 unspecified atom stereocenters. The molecule has 19 heavy (non-hydrogen) atoms. The maximum absolute atomic E-state index is 12.0. The van der Waals surface area contributed by atoms with E-state index in [0.717, 1.165) is 30.4 Å². The summed E-state index contributed by atoms with van der Waals surface area (Å²) < 4.78 is 0. The van der Waals surface area contributed by atoms with Crippen LogP contribution in [-0.2, 0) is 9.59 Å². The molecule has 1 aliphatic rings. The third-order valence-corrected chi connectivity index (χ3v) is 3.32. The van der Waals surface area contributed by atoms with E-state index in [1.165, 1.54) is 0 Å². The molecule has 1 saturated heterocycles. The van der Waals surface area contributed by atoms with E-state index in [0.29, 0.717) is 18.8 Å². The fourth-order valence-electron chi connectivity index (χ4n) is 2.47. The predicted molar refractivity (Wildman–Crippen MR) is 75.0 cm³/mol. The van der Waals surface area contributed by atoms with Crippen LogP contribution in [0.2, 0.25) is 0 Å². The van der Waals surface area contributed by atoms with Crippen LogP contribution in [0.15, 0.2) is 18.2 Å². The summed E-state index contributed by atoms with van der Waals surface area (Å²) in [6, 6.07) is 5.77. The first-order chi connectivity index (χ1) is 9.06. The normalized spacial score (nSPS) is 15.2. The zero-order chi connectivity index (χ0) is 13.8. The highest BCUT2D eigenvalue weighted by atomic mass is 16.2. The van der Waals surface area contributed by atoms with Gasteiger partial charge in [-0.1, -0.05) is 6.07 Å². The fourth-order valence-corrected chi connectivity index (χ4v) is 2.47. The van der Waals surface area contributed by atoms with E-state index in [2.05, 4.69) is 5.32 Å². The molecule has 1 aromatic carbocycles. The van der Waals surface area contributed by atoms with Crippen molar-refractivity contribution in [2.24, 2.45) is 0 Å². The number of amides is 2. The maximum Gasteiger partial charge on any atom is 0.313 e. The SMILES string of the molecule is Cc1cc(C)cc(NC(=O)C(=O)N2CCCCC2)c1. The number of nitrogens with zero attached hydrogens (tertiary/aromatic N) is 1. The second-order valence-electron chi connectivity index (χ2n) is 5.18. The number of likely N-dealkylation sites (tertiary alicyclic amines) is 1. The smallest absolute Gasteiger partial charge is 0.313 e. The van der Waals surface area contributed by atoms with Crippen molar-refractivity contribution in [3.05, 3.63) is 29.3 Å². The quantitative estimate of drug-likeness (QED) is 0.787. The molecular formula is C15H20N2O2. The average Bonchev–Trinajstić information content (AvgIpc) is 2.37. The van der Waals surface area contributed by atoms with E-state index < -0.39 is 11.8 Å². The Morgan fingerprint density at radius 3 is 2.16 bits per heavy atom. The topological polar surface area (TPSA) is 49.4 Å².